The van der Waals surface area contributed by atoms with Gasteiger partial charge in [-0.05, 0) is 25.1 Å². The number of hydrogen-bond acceptors (Lipinski definition) is 2. The van der Waals surface area contributed by atoms with E-state index in [2.05, 4.69) is 23.6 Å². The van der Waals surface area contributed by atoms with Crippen LogP contribution in [0.5, 0.6) is 5.75 Å². The largest absolute Gasteiger partial charge is 0.496 e. The molecule has 1 aromatic heterocycles. The molecule has 0 unspecified atom stereocenters. The summed E-state index contributed by atoms with van der Waals surface area (Å²) in [6, 6.07) is 18.2. The first-order valence-electron chi connectivity index (χ1n) is 6.96. The average Bonchev–Trinajstić information content (AvgIpc) is 2.88. The molecule has 0 fully saturated rings. The molecule has 0 spiro atoms. The van der Waals surface area contributed by atoms with Crippen LogP contribution in [-0.4, -0.2) is 11.7 Å². The molecule has 1 heterocycles. The van der Waals surface area contributed by atoms with E-state index in [0.717, 1.165) is 34.5 Å². The zero-order valence-electron chi connectivity index (χ0n) is 12.1. The molecular formula is C18H16N2O. The van der Waals surface area contributed by atoms with Crippen LogP contribution < -0.4 is 4.74 Å². The first kappa shape index (κ1) is 13.3. The minimum atomic E-state index is 0.706. The van der Waals surface area contributed by atoms with Crippen molar-refractivity contribution in [3.8, 4) is 23.1 Å². The summed E-state index contributed by atoms with van der Waals surface area (Å²) < 4.78 is 7.64. The summed E-state index contributed by atoms with van der Waals surface area (Å²) >= 11 is 0. The molecule has 3 nitrogen and oxygen atoms in total. The fourth-order valence-electron chi connectivity index (χ4n) is 2.87. The first-order valence-corrected chi connectivity index (χ1v) is 6.96. The van der Waals surface area contributed by atoms with Gasteiger partial charge in [0.2, 0.25) is 0 Å². The lowest BCUT2D eigenvalue weighted by Gasteiger charge is -2.12. The normalized spacial score (nSPS) is 10.5. The quantitative estimate of drug-likeness (QED) is 0.718. The van der Waals surface area contributed by atoms with Crippen molar-refractivity contribution in [1.29, 1.82) is 5.26 Å². The van der Waals surface area contributed by atoms with Crippen LogP contribution in [0.2, 0.25) is 0 Å². The van der Waals surface area contributed by atoms with Gasteiger partial charge in [-0.1, -0.05) is 30.3 Å². The number of methoxy groups -OCH3 is 1. The van der Waals surface area contributed by atoms with Crippen molar-refractivity contribution in [1.82, 2.24) is 4.57 Å². The van der Waals surface area contributed by atoms with Crippen molar-refractivity contribution in [2.75, 3.05) is 7.11 Å². The van der Waals surface area contributed by atoms with Crippen LogP contribution in [0.3, 0.4) is 0 Å². The molecule has 3 rings (SSSR count). The summed E-state index contributed by atoms with van der Waals surface area (Å²) in [5.74, 6) is 0.784. The fourth-order valence-corrected chi connectivity index (χ4v) is 2.87. The number of nitrogens with zero attached hydrogens (tertiary/aromatic N) is 2. The zero-order valence-corrected chi connectivity index (χ0v) is 12.1. The van der Waals surface area contributed by atoms with Gasteiger partial charge < -0.3 is 9.30 Å². The lowest BCUT2D eigenvalue weighted by atomic mass is 10.1. The molecule has 0 aliphatic heterocycles. The Morgan fingerprint density at radius 1 is 1.10 bits per heavy atom. The van der Waals surface area contributed by atoms with E-state index in [4.69, 9.17) is 4.74 Å². The minimum absolute atomic E-state index is 0.706. The summed E-state index contributed by atoms with van der Waals surface area (Å²) in [5.41, 5.74) is 3.67. The molecule has 0 aliphatic carbocycles. The molecule has 2 aromatic carbocycles. The molecule has 3 heteroatoms. The Kier molecular flexibility index (Phi) is 3.37. The van der Waals surface area contributed by atoms with Crippen molar-refractivity contribution in [3.63, 3.8) is 0 Å². The van der Waals surface area contributed by atoms with E-state index < -0.39 is 0 Å². The maximum atomic E-state index is 9.65. The van der Waals surface area contributed by atoms with E-state index in [0.29, 0.717) is 5.56 Å². The minimum Gasteiger partial charge on any atom is -0.496 e. The number of rotatable bonds is 3. The van der Waals surface area contributed by atoms with Gasteiger partial charge in [0.1, 0.15) is 11.8 Å². The van der Waals surface area contributed by atoms with Crippen molar-refractivity contribution in [2.45, 2.75) is 13.5 Å². The third-order valence-electron chi connectivity index (χ3n) is 3.76. The van der Waals surface area contributed by atoms with Crippen molar-refractivity contribution in [2.24, 2.45) is 0 Å². The number of fused-ring (bicyclic) bond motifs is 1. The Hall–Kier alpha value is -2.73. The fraction of sp³-hybridized carbons (Fsp3) is 0.167. The third-order valence-corrected chi connectivity index (χ3v) is 3.76. The molecule has 0 aliphatic rings. The number of hydrogen-bond donors (Lipinski definition) is 0. The van der Waals surface area contributed by atoms with Crippen LogP contribution >= 0.6 is 0 Å². The van der Waals surface area contributed by atoms with Gasteiger partial charge >= 0.3 is 0 Å². The topological polar surface area (TPSA) is 38.0 Å². The molecule has 104 valence electrons. The van der Waals surface area contributed by atoms with Gasteiger partial charge in [0.05, 0.1) is 18.4 Å². The summed E-state index contributed by atoms with van der Waals surface area (Å²) in [5, 5.41) is 10.6. The number of para-hydroxylation sites is 2. The Morgan fingerprint density at radius 3 is 2.52 bits per heavy atom. The van der Waals surface area contributed by atoms with Crippen LogP contribution in [0.4, 0.5) is 0 Å². The van der Waals surface area contributed by atoms with Crippen LogP contribution in [0, 0.1) is 11.3 Å². The predicted molar refractivity (Wildman–Crippen MR) is 84.3 cm³/mol. The number of ether oxygens (including phenoxy) is 1. The van der Waals surface area contributed by atoms with E-state index in [9.17, 15) is 5.26 Å². The van der Waals surface area contributed by atoms with Crippen LogP contribution in [-0.2, 0) is 6.54 Å². The van der Waals surface area contributed by atoms with E-state index in [-0.39, 0.29) is 0 Å². The molecule has 0 amide bonds. The first-order chi connectivity index (χ1) is 10.3. The summed E-state index contributed by atoms with van der Waals surface area (Å²) in [6.07, 6.45) is 0. The SMILES string of the molecule is CCn1c(-c2ccccc2OC)c(C#N)c2ccccc21. The van der Waals surface area contributed by atoms with Crippen molar-refractivity contribution >= 4 is 10.9 Å². The number of benzene rings is 2. The van der Waals surface area contributed by atoms with Crippen molar-refractivity contribution in [3.05, 3.63) is 54.1 Å². The Morgan fingerprint density at radius 2 is 1.81 bits per heavy atom. The van der Waals surface area contributed by atoms with Crippen LogP contribution in [0.15, 0.2) is 48.5 Å². The molecule has 0 N–H and O–H groups in total. The third kappa shape index (κ3) is 1.96. The van der Waals surface area contributed by atoms with Gasteiger partial charge in [-0.2, -0.15) is 5.26 Å². The molecule has 21 heavy (non-hydrogen) atoms. The molecular weight excluding hydrogens is 260 g/mol. The Labute approximate surface area is 124 Å². The molecule has 0 saturated heterocycles. The molecule has 0 radical (unpaired) electrons. The second-order valence-corrected chi connectivity index (χ2v) is 4.80. The number of nitriles is 1. The van der Waals surface area contributed by atoms with Gasteiger partial charge in [0.25, 0.3) is 0 Å². The Balaban J connectivity index is 2.44. The smallest absolute Gasteiger partial charge is 0.128 e. The molecule has 0 bridgehead atoms. The van der Waals surface area contributed by atoms with E-state index in [1.807, 2.05) is 42.5 Å². The standard InChI is InChI=1S/C18H16N2O/c1-3-20-16-10-6-4-8-13(16)15(12-19)18(20)14-9-5-7-11-17(14)21-2/h4-11H,3H2,1-2H3. The lowest BCUT2D eigenvalue weighted by Crippen LogP contribution is -1.99. The van der Waals surface area contributed by atoms with E-state index >= 15 is 0 Å². The van der Waals surface area contributed by atoms with Crippen molar-refractivity contribution < 1.29 is 4.74 Å². The van der Waals surface area contributed by atoms with Crippen LogP contribution in [0.1, 0.15) is 12.5 Å². The van der Waals surface area contributed by atoms with Gasteiger partial charge in [0.15, 0.2) is 0 Å². The van der Waals surface area contributed by atoms with Gasteiger partial charge in [-0.25, -0.2) is 0 Å². The highest BCUT2D eigenvalue weighted by atomic mass is 16.5. The molecule has 0 saturated carbocycles. The highest BCUT2D eigenvalue weighted by Gasteiger charge is 2.19. The van der Waals surface area contributed by atoms with E-state index in [1.165, 1.54) is 0 Å². The monoisotopic (exact) mass is 276 g/mol. The second-order valence-electron chi connectivity index (χ2n) is 4.80. The summed E-state index contributed by atoms with van der Waals surface area (Å²) in [7, 11) is 1.66. The highest BCUT2D eigenvalue weighted by Crippen LogP contribution is 2.37. The maximum absolute atomic E-state index is 9.65. The highest BCUT2D eigenvalue weighted by molar-refractivity contribution is 5.95. The predicted octanol–water partition coefficient (Wildman–Crippen LogP) is 4.21. The molecule has 0 atom stereocenters. The van der Waals surface area contributed by atoms with Crippen LogP contribution in [0.25, 0.3) is 22.2 Å². The van der Waals surface area contributed by atoms with Gasteiger partial charge in [0, 0.05) is 23.0 Å². The van der Waals surface area contributed by atoms with Gasteiger partial charge in [-0.15, -0.1) is 0 Å². The second kappa shape index (κ2) is 5.34. The van der Waals surface area contributed by atoms with E-state index in [1.54, 1.807) is 7.11 Å². The lowest BCUT2D eigenvalue weighted by molar-refractivity contribution is 0.416. The summed E-state index contributed by atoms with van der Waals surface area (Å²) in [6.45, 7) is 2.89. The Bertz CT molecular complexity index is 840. The zero-order chi connectivity index (χ0) is 14.8. The summed E-state index contributed by atoms with van der Waals surface area (Å²) in [4.78, 5) is 0. The molecule has 3 aromatic rings. The number of aryl methyl sites for hydroxylation is 1. The number of aromatic nitrogens is 1. The average molecular weight is 276 g/mol. The maximum Gasteiger partial charge on any atom is 0.128 e. The van der Waals surface area contributed by atoms with Gasteiger partial charge in [-0.3, -0.25) is 0 Å².